The summed E-state index contributed by atoms with van der Waals surface area (Å²) < 4.78 is 0. The summed E-state index contributed by atoms with van der Waals surface area (Å²) in [5, 5.41) is 9.37. The number of likely N-dealkylation sites (tertiary alicyclic amines) is 1. The molecule has 0 aromatic heterocycles. The third-order valence-corrected chi connectivity index (χ3v) is 5.61. The normalized spacial score (nSPS) is 25.6. The van der Waals surface area contributed by atoms with Crippen molar-refractivity contribution >= 4 is 41.9 Å². The van der Waals surface area contributed by atoms with Gasteiger partial charge in [-0.25, -0.2) is 4.79 Å². The van der Waals surface area contributed by atoms with Crippen LogP contribution in [0.5, 0.6) is 0 Å². The molecule has 0 aliphatic carbocycles. The van der Waals surface area contributed by atoms with E-state index in [4.69, 9.17) is 4.99 Å². The molecule has 0 saturated carbocycles. The number of urea groups is 1. The lowest BCUT2D eigenvalue weighted by Gasteiger charge is -2.21. The topological polar surface area (TPSA) is 89.1 Å². The Morgan fingerprint density at radius 3 is 2.64 bits per heavy atom. The van der Waals surface area contributed by atoms with Crippen molar-refractivity contribution < 1.29 is 9.59 Å². The number of carbonyl (C=O) groups excluding carboxylic acids is 2. The van der Waals surface area contributed by atoms with E-state index < -0.39 is 5.54 Å². The van der Waals surface area contributed by atoms with E-state index in [1.807, 2.05) is 13.8 Å². The van der Waals surface area contributed by atoms with Crippen molar-refractivity contribution in [3.05, 3.63) is 0 Å². The number of guanidine groups is 1. The van der Waals surface area contributed by atoms with Crippen LogP contribution in [0.15, 0.2) is 4.99 Å². The number of likely N-dealkylation sites (N-methyl/N-ethyl adjacent to an activating group) is 1. The van der Waals surface area contributed by atoms with E-state index in [-0.39, 0.29) is 35.9 Å². The predicted octanol–water partition coefficient (Wildman–Crippen LogP) is 1.75. The number of carbonyl (C=O) groups is 2. The summed E-state index contributed by atoms with van der Waals surface area (Å²) in [6, 6.07) is 0.244. The van der Waals surface area contributed by atoms with E-state index in [9.17, 15) is 9.59 Å². The standard InChI is InChI=1S/C19H36N6O2.HI/c1-5-19(4)16(26)25(18(27)23-19)13-9-11-21-17(20-6-2)22-14-15-10-8-12-24(15)7-3;/h15H,5-14H2,1-4H3,(H,23,27)(H2,20,21,22);1H. The molecule has 2 rings (SSSR count). The number of nitrogens with one attached hydrogen (secondary N) is 3. The van der Waals surface area contributed by atoms with Crippen molar-refractivity contribution in [1.29, 1.82) is 0 Å². The number of imide groups is 1. The molecule has 162 valence electrons. The van der Waals surface area contributed by atoms with E-state index in [0.29, 0.717) is 32.0 Å². The van der Waals surface area contributed by atoms with Gasteiger partial charge in [-0.1, -0.05) is 13.8 Å². The van der Waals surface area contributed by atoms with Gasteiger partial charge in [0.25, 0.3) is 5.91 Å². The van der Waals surface area contributed by atoms with Crippen LogP contribution in [0, 0.1) is 0 Å². The first-order valence-corrected chi connectivity index (χ1v) is 10.4. The molecule has 2 aliphatic rings. The highest BCUT2D eigenvalue weighted by Crippen LogP contribution is 2.20. The highest BCUT2D eigenvalue weighted by Gasteiger charge is 2.45. The number of hydrogen-bond donors (Lipinski definition) is 3. The minimum absolute atomic E-state index is 0. The Labute approximate surface area is 186 Å². The van der Waals surface area contributed by atoms with Crippen molar-refractivity contribution in [2.24, 2.45) is 4.99 Å². The van der Waals surface area contributed by atoms with Gasteiger partial charge in [-0.3, -0.25) is 19.6 Å². The molecule has 2 aliphatic heterocycles. The van der Waals surface area contributed by atoms with Gasteiger partial charge in [0.2, 0.25) is 0 Å². The van der Waals surface area contributed by atoms with Gasteiger partial charge in [-0.2, -0.15) is 0 Å². The predicted molar refractivity (Wildman–Crippen MR) is 123 cm³/mol. The van der Waals surface area contributed by atoms with Crippen LogP contribution in [0.4, 0.5) is 4.79 Å². The Balaban J connectivity index is 0.00000392. The molecular formula is C19H37IN6O2. The third-order valence-electron chi connectivity index (χ3n) is 5.61. The number of hydrogen-bond acceptors (Lipinski definition) is 4. The lowest BCUT2D eigenvalue weighted by molar-refractivity contribution is -0.130. The lowest BCUT2D eigenvalue weighted by Crippen LogP contribution is -2.43. The molecule has 3 amide bonds. The second-order valence-corrected chi connectivity index (χ2v) is 7.50. The van der Waals surface area contributed by atoms with Crippen molar-refractivity contribution in [1.82, 2.24) is 25.8 Å². The fourth-order valence-corrected chi connectivity index (χ4v) is 3.69. The maximum absolute atomic E-state index is 12.4. The van der Waals surface area contributed by atoms with Gasteiger partial charge < -0.3 is 16.0 Å². The van der Waals surface area contributed by atoms with E-state index in [0.717, 1.165) is 25.6 Å². The van der Waals surface area contributed by atoms with Gasteiger partial charge in [0.05, 0.1) is 6.54 Å². The van der Waals surface area contributed by atoms with Crippen molar-refractivity contribution in [3.8, 4) is 0 Å². The SMILES string of the molecule is CCNC(=NCC1CCCN1CC)NCCCN1C(=O)NC(C)(CC)C1=O.I. The van der Waals surface area contributed by atoms with Gasteiger partial charge in [0.15, 0.2) is 5.96 Å². The van der Waals surface area contributed by atoms with E-state index >= 15 is 0 Å². The summed E-state index contributed by atoms with van der Waals surface area (Å²) in [7, 11) is 0. The largest absolute Gasteiger partial charge is 0.357 e. The molecule has 3 N–H and O–H groups in total. The zero-order valence-electron chi connectivity index (χ0n) is 17.7. The second kappa shape index (κ2) is 11.8. The average molecular weight is 508 g/mol. The van der Waals surface area contributed by atoms with Crippen LogP contribution < -0.4 is 16.0 Å². The van der Waals surface area contributed by atoms with Crippen LogP contribution in [0.1, 0.15) is 53.4 Å². The number of nitrogens with zero attached hydrogens (tertiary/aromatic N) is 3. The summed E-state index contributed by atoms with van der Waals surface area (Å²) in [5.41, 5.74) is -0.757. The maximum atomic E-state index is 12.4. The molecule has 0 spiro atoms. The molecule has 0 aromatic rings. The van der Waals surface area contributed by atoms with Crippen molar-refractivity contribution in [3.63, 3.8) is 0 Å². The molecule has 2 fully saturated rings. The smallest absolute Gasteiger partial charge is 0.325 e. The average Bonchev–Trinajstić information content (AvgIpc) is 3.20. The first-order valence-electron chi connectivity index (χ1n) is 10.4. The monoisotopic (exact) mass is 508 g/mol. The number of halogens is 1. The van der Waals surface area contributed by atoms with Gasteiger partial charge in [0.1, 0.15) is 5.54 Å². The van der Waals surface area contributed by atoms with E-state index in [1.54, 1.807) is 6.92 Å². The summed E-state index contributed by atoms with van der Waals surface area (Å²) in [4.78, 5) is 33.0. The molecular weight excluding hydrogens is 471 g/mol. The Hall–Kier alpha value is -1.10. The number of rotatable bonds is 9. The van der Waals surface area contributed by atoms with Crippen LogP contribution in [-0.4, -0.2) is 78.5 Å². The molecule has 2 heterocycles. The quantitative estimate of drug-likeness (QED) is 0.145. The van der Waals surface area contributed by atoms with Crippen LogP contribution >= 0.6 is 24.0 Å². The fraction of sp³-hybridized carbons (Fsp3) is 0.842. The van der Waals surface area contributed by atoms with Crippen LogP contribution in [-0.2, 0) is 4.79 Å². The molecule has 2 unspecified atom stereocenters. The van der Waals surface area contributed by atoms with Gasteiger partial charge in [0, 0.05) is 25.7 Å². The Morgan fingerprint density at radius 1 is 1.29 bits per heavy atom. The molecule has 2 atom stereocenters. The van der Waals surface area contributed by atoms with Gasteiger partial charge in [-0.15, -0.1) is 24.0 Å². The van der Waals surface area contributed by atoms with E-state index in [2.05, 4.69) is 27.8 Å². The maximum Gasteiger partial charge on any atom is 0.325 e. The van der Waals surface area contributed by atoms with Crippen molar-refractivity contribution in [2.45, 2.75) is 65.0 Å². The molecule has 9 heteroatoms. The molecule has 28 heavy (non-hydrogen) atoms. The molecule has 0 radical (unpaired) electrons. The van der Waals surface area contributed by atoms with E-state index in [1.165, 1.54) is 24.3 Å². The second-order valence-electron chi connectivity index (χ2n) is 7.50. The van der Waals surface area contributed by atoms with Crippen LogP contribution in [0.2, 0.25) is 0 Å². The minimum Gasteiger partial charge on any atom is -0.357 e. The summed E-state index contributed by atoms with van der Waals surface area (Å²) in [6.07, 6.45) is 3.74. The summed E-state index contributed by atoms with van der Waals surface area (Å²) in [6.45, 7) is 12.9. The highest BCUT2D eigenvalue weighted by atomic mass is 127. The summed E-state index contributed by atoms with van der Waals surface area (Å²) in [5.74, 6) is 0.674. The van der Waals surface area contributed by atoms with Crippen molar-refractivity contribution in [2.75, 3.05) is 39.3 Å². The van der Waals surface area contributed by atoms with Gasteiger partial charge >= 0.3 is 6.03 Å². The summed E-state index contributed by atoms with van der Waals surface area (Å²) >= 11 is 0. The Kier molecular flexibility index (Phi) is 10.5. The highest BCUT2D eigenvalue weighted by molar-refractivity contribution is 14.0. The third kappa shape index (κ3) is 6.20. The fourth-order valence-electron chi connectivity index (χ4n) is 3.69. The first kappa shape index (κ1) is 24.9. The molecule has 2 saturated heterocycles. The van der Waals surface area contributed by atoms with Crippen LogP contribution in [0.25, 0.3) is 0 Å². The lowest BCUT2D eigenvalue weighted by atomic mass is 9.99. The first-order chi connectivity index (χ1) is 12.9. The zero-order valence-corrected chi connectivity index (χ0v) is 20.0. The van der Waals surface area contributed by atoms with Gasteiger partial charge in [-0.05, 0) is 52.6 Å². The number of amides is 3. The Morgan fingerprint density at radius 2 is 2.04 bits per heavy atom. The Bertz CT molecular complexity index is 559. The minimum atomic E-state index is -0.757. The number of aliphatic imine (C=N–C) groups is 1. The molecule has 0 bridgehead atoms. The molecule has 8 nitrogen and oxygen atoms in total. The van der Waals surface area contributed by atoms with Crippen LogP contribution in [0.3, 0.4) is 0 Å². The zero-order chi connectivity index (χ0) is 19.9. The molecule has 0 aromatic carbocycles.